The van der Waals surface area contributed by atoms with Crippen LogP contribution in [0.1, 0.15) is 50.5 Å². The zero-order valence-electron chi connectivity index (χ0n) is 20.9. The molecule has 2 heterocycles. The third kappa shape index (κ3) is 4.84. The Kier molecular flexibility index (Phi) is 6.51. The number of hydrogen-bond acceptors (Lipinski definition) is 5. The fraction of sp³-hybridized carbons (Fsp3) is 0.393. The van der Waals surface area contributed by atoms with Crippen LogP contribution in [0.3, 0.4) is 0 Å². The van der Waals surface area contributed by atoms with Crippen molar-refractivity contribution in [3.63, 3.8) is 0 Å². The van der Waals surface area contributed by atoms with Crippen molar-refractivity contribution in [2.45, 2.75) is 51.5 Å². The second-order valence-corrected chi connectivity index (χ2v) is 11.5. The number of rotatable bonds is 9. The van der Waals surface area contributed by atoms with Crippen LogP contribution < -0.4 is 0 Å². The lowest BCUT2D eigenvalue weighted by atomic mass is 9.85. The van der Waals surface area contributed by atoms with Gasteiger partial charge in [-0.2, -0.15) is 5.21 Å². The maximum atomic E-state index is 13.3. The van der Waals surface area contributed by atoms with Gasteiger partial charge in [0.05, 0.1) is 15.6 Å². The number of aromatic amines is 2. The molecule has 6 rings (SSSR count). The summed E-state index contributed by atoms with van der Waals surface area (Å²) in [5, 5.41) is 25.2. The Labute approximate surface area is 228 Å². The molecule has 2 aliphatic rings. The lowest BCUT2D eigenvalue weighted by molar-refractivity contribution is -0.151. The van der Waals surface area contributed by atoms with Crippen LogP contribution in [0.2, 0.25) is 0 Å². The van der Waals surface area contributed by atoms with E-state index in [2.05, 4.69) is 47.6 Å². The maximum Gasteiger partial charge on any atom is 0.311 e. The Balaban J connectivity index is 1.27. The number of halogens is 1. The number of aromatic nitrogens is 5. The second kappa shape index (κ2) is 9.98. The van der Waals surface area contributed by atoms with Crippen LogP contribution in [0.25, 0.3) is 33.5 Å². The number of nitrogens with zero attached hydrogens (tertiary/aromatic N) is 4. The molecule has 2 aromatic carbocycles. The highest BCUT2D eigenvalue weighted by atomic mass is 79.9. The molecule has 10 heteroatoms. The van der Waals surface area contributed by atoms with Crippen LogP contribution in [0.4, 0.5) is 0 Å². The number of carboxylic acids is 1. The summed E-state index contributed by atoms with van der Waals surface area (Å²) in [6.07, 6.45) is 5.75. The van der Waals surface area contributed by atoms with E-state index in [1.807, 2.05) is 36.4 Å². The van der Waals surface area contributed by atoms with E-state index in [4.69, 9.17) is 0 Å². The number of carboxylic acid groups (broad SMARTS) is 1. The highest BCUT2D eigenvalue weighted by Gasteiger charge is 2.44. The van der Waals surface area contributed by atoms with Gasteiger partial charge in [-0.05, 0) is 76.0 Å². The summed E-state index contributed by atoms with van der Waals surface area (Å²) in [6, 6.07) is 14.1. The van der Waals surface area contributed by atoms with Gasteiger partial charge in [0, 0.05) is 36.0 Å². The number of carbonyl (C=O) groups excluding carboxylic acids is 1. The molecule has 2 saturated carbocycles. The Morgan fingerprint density at radius 3 is 2.47 bits per heavy atom. The van der Waals surface area contributed by atoms with E-state index >= 15 is 0 Å². The van der Waals surface area contributed by atoms with Crippen molar-refractivity contribution in [1.29, 1.82) is 0 Å². The first-order chi connectivity index (χ1) is 18.4. The Morgan fingerprint density at radius 1 is 1.08 bits per heavy atom. The van der Waals surface area contributed by atoms with Crippen LogP contribution in [-0.4, -0.2) is 54.0 Å². The van der Waals surface area contributed by atoms with Gasteiger partial charge in [-0.25, -0.2) is 0 Å². The van der Waals surface area contributed by atoms with E-state index < -0.39 is 11.4 Å². The molecule has 9 nitrogen and oxygen atoms in total. The highest BCUT2D eigenvalue weighted by molar-refractivity contribution is 9.10. The molecule has 38 heavy (non-hydrogen) atoms. The first kappa shape index (κ1) is 24.8. The third-order valence-corrected chi connectivity index (χ3v) is 8.79. The van der Waals surface area contributed by atoms with Crippen LogP contribution in [-0.2, 0) is 16.1 Å². The Morgan fingerprint density at radius 2 is 1.82 bits per heavy atom. The van der Waals surface area contributed by atoms with Crippen molar-refractivity contribution in [2.24, 2.45) is 11.3 Å². The minimum Gasteiger partial charge on any atom is -0.481 e. The number of carbonyl (C=O) groups is 2. The largest absolute Gasteiger partial charge is 0.481 e. The molecule has 0 unspecified atom stereocenters. The molecule has 1 amide bonds. The van der Waals surface area contributed by atoms with Crippen molar-refractivity contribution >= 4 is 38.7 Å². The second-order valence-electron chi connectivity index (χ2n) is 10.7. The molecular formula is C28H29BrN6O3. The number of H-pyrrole nitrogens is 2. The fourth-order valence-electron chi connectivity index (χ4n) is 5.58. The number of aliphatic carboxylic acids is 1. The lowest BCUT2D eigenvalue weighted by Crippen LogP contribution is -2.44. The molecule has 3 N–H and O–H groups in total. The summed E-state index contributed by atoms with van der Waals surface area (Å²) >= 11 is 3.79. The molecule has 0 bridgehead atoms. The van der Waals surface area contributed by atoms with Crippen molar-refractivity contribution in [3.8, 4) is 22.6 Å². The molecule has 0 radical (unpaired) electrons. The molecule has 2 fully saturated rings. The van der Waals surface area contributed by atoms with Gasteiger partial charge >= 0.3 is 5.97 Å². The first-order valence-corrected chi connectivity index (χ1v) is 13.9. The van der Waals surface area contributed by atoms with Gasteiger partial charge in [-0.15, -0.1) is 10.2 Å². The summed E-state index contributed by atoms with van der Waals surface area (Å²) in [7, 11) is 0. The minimum atomic E-state index is -0.835. The molecule has 196 valence electrons. The fourth-order valence-corrected chi connectivity index (χ4v) is 6.24. The van der Waals surface area contributed by atoms with Crippen LogP contribution in [0.5, 0.6) is 0 Å². The quantitative estimate of drug-likeness (QED) is 0.239. The number of benzene rings is 2. The molecule has 0 aliphatic heterocycles. The molecule has 0 saturated heterocycles. The zero-order valence-corrected chi connectivity index (χ0v) is 22.5. The average Bonchev–Trinajstić information content (AvgIpc) is 3.28. The predicted octanol–water partition coefficient (Wildman–Crippen LogP) is 5.55. The summed E-state index contributed by atoms with van der Waals surface area (Å²) in [5.41, 5.74) is 3.96. The Bertz CT molecular complexity index is 1470. The van der Waals surface area contributed by atoms with Crippen molar-refractivity contribution in [2.75, 3.05) is 6.54 Å². The topological polar surface area (TPSA) is 128 Å². The average molecular weight is 577 g/mol. The summed E-state index contributed by atoms with van der Waals surface area (Å²) in [5.74, 6) is 0.276. The molecule has 2 aromatic heterocycles. The van der Waals surface area contributed by atoms with Crippen LogP contribution in [0, 0.1) is 11.3 Å². The number of tetrazole rings is 1. The van der Waals surface area contributed by atoms with Crippen LogP contribution >= 0.6 is 15.9 Å². The number of amides is 1. The summed E-state index contributed by atoms with van der Waals surface area (Å²) in [4.78, 5) is 30.8. The molecule has 0 atom stereocenters. The zero-order chi connectivity index (χ0) is 26.3. The number of hydrogen-bond donors (Lipinski definition) is 3. The molecule has 4 aromatic rings. The summed E-state index contributed by atoms with van der Waals surface area (Å²) in [6.45, 7) is 0.682. The van der Waals surface area contributed by atoms with Gasteiger partial charge < -0.3 is 15.0 Å². The van der Waals surface area contributed by atoms with E-state index in [0.29, 0.717) is 37.5 Å². The standard InChI is InChI=1S/C28H29BrN6O3/c29-24-21-13-18(15-35(23(36)14-17-3-4-17)16-28(27(37)38)11-1-2-12-28)5-10-22(21)30-25(24)19-6-8-20(9-7-19)26-31-33-34-32-26/h5-10,13,17,30H,1-4,11-12,14-16H2,(H,37,38)(H,31,32,33,34). The SMILES string of the molecule is O=C(CC1CC1)N(Cc1ccc2[nH]c(-c3ccc(-c4nn[nH]n4)cc3)c(Br)c2c1)CC1(C(=O)O)CCCC1. The first-order valence-electron chi connectivity index (χ1n) is 13.1. The monoisotopic (exact) mass is 576 g/mol. The van der Waals surface area contributed by atoms with Crippen molar-refractivity contribution in [1.82, 2.24) is 30.5 Å². The third-order valence-electron chi connectivity index (χ3n) is 7.97. The maximum absolute atomic E-state index is 13.3. The molecular weight excluding hydrogens is 548 g/mol. The molecule has 2 aliphatic carbocycles. The highest BCUT2D eigenvalue weighted by Crippen LogP contribution is 2.41. The summed E-state index contributed by atoms with van der Waals surface area (Å²) < 4.78 is 0.940. The lowest BCUT2D eigenvalue weighted by Gasteiger charge is -2.32. The van der Waals surface area contributed by atoms with Gasteiger partial charge in [0.15, 0.2) is 0 Å². The van der Waals surface area contributed by atoms with E-state index in [-0.39, 0.29) is 12.5 Å². The van der Waals surface area contributed by atoms with E-state index in [1.54, 1.807) is 4.90 Å². The van der Waals surface area contributed by atoms with Crippen molar-refractivity contribution in [3.05, 3.63) is 52.5 Å². The van der Waals surface area contributed by atoms with E-state index in [0.717, 1.165) is 63.4 Å². The van der Waals surface area contributed by atoms with Crippen LogP contribution in [0.15, 0.2) is 46.9 Å². The van der Waals surface area contributed by atoms with Crippen molar-refractivity contribution < 1.29 is 14.7 Å². The van der Waals surface area contributed by atoms with Gasteiger partial charge in [0.2, 0.25) is 11.7 Å². The van der Waals surface area contributed by atoms with E-state index in [9.17, 15) is 14.7 Å². The normalized spacial score (nSPS) is 16.7. The Hall–Kier alpha value is -3.53. The number of nitrogens with one attached hydrogen (secondary N) is 2. The van der Waals surface area contributed by atoms with E-state index in [1.165, 1.54) is 0 Å². The minimum absolute atomic E-state index is 0.0654. The van der Waals surface area contributed by atoms with Gasteiger partial charge in [0.1, 0.15) is 0 Å². The van der Waals surface area contributed by atoms with Gasteiger partial charge in [-0.1, -0.05) is 43.2 Å². The molecule has 0 spiro atoms. The predicted molar refractivity (Wildman–Crippen MR) is 146 cm³/mol. The van der Waals surface area contributed by atoms with Gasteiger partial charge in [-0.3, -0.25) is 9.59 Å². The van der Waals surface area contributed by atoms with Gasteiger partial charge in [0.25, 0.3) is 0 Å². The smallest absolute Gasteiger partial charge is 0.311 e. The number of fused-ring (bicyclic) bond motifs is 1.